The average Bonchev–Trinajstić information content (AvgIpc) is 2.27. The summed E-state index contributed by atoms with van der Waals surface area (Å²) in [6.45, 7) is 0. The molecule has 5 heteroatoms. The number of benzene rings is 1. The molecule has 0 saturated heterocycles. The van der Waals surface area contributed by atoms with Crippen LogP contribution in [0.3, 0.4) is 0 Å². The van der Waals surface area contributed by atoms with Crippen LogP contribution < -0.4 is 5.48 Å². The fraction of sp³-hybridized carbons (Fsp3) is 0.100. The monoisotopic (exact) mass is 207 g/mol. The van der Waals surface area contributed by atoms with Gasteiger partial charge in [0.15, 0.2) is 0 Å². The van der Waals surface area contributed by atoms with E-state index in [-0.39, 0.29) is 12.7 Å². The molecule has 0 fully saturated rings. The van der Waals surface area contributed by atoms with E-state index < -0.39 is 11.9 Å². The summed E-state index contributed by atoms with van der Waals surface area (Å²) in [5, 5.41) is 0. The summed E-state index contributed by atoms with van der Waals surface area (Å²) in [7, 11) is 0. The molecule has 1 amide bonds. The molecule has 0 atom stereocenters. The third kappa shape index (κ3) is 4.04. The zero-order chi connectivity index (χ0) is 11.1. The van der Waals surface area contributed by atoms with Gasteiger partial charge in [0.25, 0.3) is 0 Å². The fourth-order valence-corrected chi connectivity index (χ4v) is 0.930. The summed E-state index contributed by atoms with van der Waals surface area (Å²) in [4.78, 5) is 35.7. The molecular formula is C10H9NO4. The van der Waals surface area contributed by atoms with Crippen molar-refractivity contribution in [1.29, 1.82) is 0 Å². The maximum atomic E-state index is 11.1. The highest BCUT2D eigenvalue weighted by Crippen LogP contribution is 1.99. The van der Waals surface area contributed by atoms with Crippen LogP contribution in [0.5, 0.6) is 0 Å². The molecule has 0 aliphatic carbocycles. The van der Waals surface area contributed by atoms with Crippen molar-refractivity contribution in [3.8, 4) is 0 Å². The second-order valence-electron chi connectivity index (χ2n) is 2.72. The molecule has 1 aromatic rings. The summed E-state index contributed by atoms with van der Waals surface area (Å²) < 4.78 is 0. The Hall–Kier alpha value is -2.17. The fourth-order valence-electron chi connectivity index (χ4n) is 0.930. The number of nitrogens with one attached hydrogen (secondary N) is 1. The van der Waals surface area contributed by atoms with Gasteiger partial charge in [0.05, 0.1) is 6.42 Å². The number of rotatable bonds is 3. The summed E-state index contributed by atoms with van der Waals surface area (Å²) in [5.74, 6) is -1.62. The highest BCUT2D eigenvalue weighted by molar-refractivity contribution is 6.23. The molecule has 0 bridgehead atoms. The number of carbonyl (C=O) groups excluding carboxylic acids is 3. The van der Waals surface area contributed by atoms with Crippen molar-refractivity contribution in [1.82, 2.24) is 5.48 Å². The number of hydrogen-bond donors (Lipinski definition) is 1. The summed E-state index contributed by atoms with van der Waals surface area (Å²) in [6, 6.07) is 8.90. The first-order valence-corrected chi connectivity index (χ1v) is 4.21. The normalized spacial score (nSPS) is 9.07. The van der Waals surface area contributed by atoms with E-state index in [1.165, 1.54) is 0 Å². The van der Waals surface area contributed by atoms with Crippen LogP contribution in [0.15, 0.2) is 30.3 Å². The maximum absolute atomic E-state index is 11.1. The predicted molar refractivity (Wildman–Crippen MR) is 50.4 cm³/mol. The zero-order valence-electron chi connectivity index (χ0n) is 7.80. The first kappa shape index (κ1) is 10.9. The van der Waals surface area contributed by atoms with Crippen molar-refractivity contribution >= 4 is 18.2 Å². The average molecular weight is 207 g/mol. The molecular weight excluding hydrogens is 198 g/mol. The highest BCUT2D eigenvalue weighted by Gasteiger charge is 2.06. The van der Waals surface area contributed by atoms with Gasteiger partial charge >= 0.3 is 11.9 Å². The molecule has 1 N–H and O–H groups in total. The SMILES string of the molecule is O=CC(=O)NOC(=O)Cc1ccccc1. The summed E-state index contributed by atoms with van der Waals surface area (Å²) >= 11 is 0. The van der Waals surface area contributed by atoms with Crippen molar-refractivity contribution in [2.45, 2.75) is 6.42 Å². The Labute approximate surface area is 86.0 Å². The molecule has 0 aromatic heterocycles. The van der Waals surface area contributed by atoms with E-state index in [2.05, 4.69) is 4.84 Å². The lowest BCUT2D eigenvalue weighted by molar-refractivity contribution is -0.158. The zero-order valence-corrected chi connectivity index (χ0v) is 7.80. The van der Waals surface area contributed by atoms with Crippen LogP contribution in [0.1, 0.15) is 5.56 Å². The van der Waals surface area contributed by atoms with Crippen LogP contribution in [0.25, 0.3) is 0 Å². The number of hydroxylamine groups is 1. The first-order valence-electron chi connectivity index (χ1n) is 4.21. The minimum Gasteiger partial charge on any atom is -0.340 e. The largest absolute Gasteiger partial charge is 0.340 e. The maximum Gasteiger partial charge on any atom is 0.336 e. The van der Waals surface area contributed by atoms with Crippen molar-refractivity contribution in [3.05, 3.63) is 35.9 Å². The molecule has 0 saturated carbocycles. The lowest BCUT2D eigenvalue weighted by atomic mass is 10.2. The Morgan fingerprint density at radius 3 is 2.53 bits per heavy atom. The molecule has 0 aliphatic rings. The molecule has 5 nitrogen and oxygen atoms in total. The van der Waals surface area contributed by atoms with Crippen LogP contribution in [0.2, 0.25) is 0 Å². The lowest BCUT2D eigenvalue weighted by Gasteiger charge is -2.02. The van der Waals surface area contributed by atoms with Crippen molar-refractivity contribution in [2.75, 3.05) is 0 Å². The molecule has 1 rings (SSSR count). The highest BCUT2D eigenvalue weighted by atomic mass is 16.7. The Morgan fingerprint density at radius 1 is 1.27 bits per heavy atom. The first-order chi connectivity index (χ1) is 7.22. The molecule has 0 unspecified atom stereocenters. The van der Waals surface area contributed by atoms with E-state index in [4.69, 9.17) is 0 Å². The van der Waals surface area contributed by atoms with Gasteiger partial charge in [-0.25, -0.2) is 4.79 Å². The van der Waals surface area contributed by atoms with Gasteiger partial charge in [0.1, 0.15) is 0 Å². The molecule has 0 radical (unpaired) electrons. The van der Waals surface area contributed by atoms with Crippen LogP contribution >= 0.6 is 0 Å². The quantitative estimate of drug-likeness (QED) is 0.430. The van der Waals surface area contributed by atoms with Crippen molar-refractivity contribution in [3.63, 3.8) is 0 Å². The van der Waals surface area contributed by atoms with Gasteiger partial charge < -0.3 is 4.84 Å². The number of hydrogen-bond acceptors (Lipinski definition) is 4. The van der Waals surface area contributed by atoms with Crippen LogP contribution in [-0.4, -0.2) is 18.2 Å². The van der Waals surface area contributed by atoms with E-state index in [0.717, 1.165) is 5.56 Å². The molecule has 0 spiro atoms. The number of carbonyl (C=O) groups is 3. The standard InChI is InChI=1S/C10H9NO4/c12-7-9(13)11-15-10(14)6-8-4-2-1-3-5-8/h1-5,7H,6H2,(H,11,13). The minimum absolute atomic E-state index is 0.0236. The van der Waals surface area contributed by atoms with Crippen LogP contribution in [0.4, 0.5) is 0 Å². The second-order valence-corrected chi connectivity index (χ2v) is 2.72. The smallest absolute Gasteiger partial charge is 0.336 e. The van der Waals surface area contributed by atoms with E-state index >= 15 is 0 Å². The van der Waals surface area contributed by atoms with Crippen LogP contribution in [-0.2, 0) is 25.6 Å². The van der Waals surface area contributed by atoms with E-state index in [1.54, 1.807) is 29.7 Å². The number of amides is 1. The molecule has 78 valence electrons. The van der Waals surface area contributed by atoms with E-state index in [0.29, 0.717) is 0 Å². The van der Waals surface area contributed by atoms with Gasteiger partial charge in [0.2, 0.25) is 6.29 Å². The van der Waals surface area contributed by atoms with Gasteiger partial charge in [-0.3, -0.25) is 9.59 Å². The Balaban J connectivity index is 2.37. The number of aldehydes is 1. The minimum atomic E-state index is -0.989. The van der Waals surface area contributed by atoms with Gasteiger partial charge in [-0.2, -0.15) is 5.48 Å². The van der Waals surface area contributed by atoms with Gasteiger partial charge in [-0.1, -0.05) is 30.3 Å². The Kier molecular flexibility index (Phi) is 4.03. The van der Waals surface area contributed by atoms with E-state index in [1.807, 2.05) is 6.07 Å². The van der Waals surface area contributed by atoms with E-state index in [9.17, 15) is 14.4 Å². The summed E-state index contributed by atoms with van der Waals surface area (Å²) in [5.41, 5.74) is 2.46. The van der Waals surface area contributed by atoms with Gasteiger partial charge in [0, 0.05) is 0 Å². The van der Waals surface area contributed by atoms with Gasteiger partial charge in [-0.05, 0) is 5.56 Å². The Bertz CT molecular complexity index is 361. The molecule has 1 aromatic carbocycles. The third-order valence-electron chi connectivity index (χ3n) is 1.56. The van der Waals surface area contributed by atoms with Crippen LogP contribution in [0, 0.1) is 0 Å². The topological polar surface area (TPSA) is 72.5 Å². The summed E-state index contributed by atoms with van der Waals surface area (Å²) in [6.07, 6.45) is 0.0653. The Morgan fingerprint density at radius 2 is 1.93 bits per heavy atom. The molecule has 0 aliphatic heterocycles. The lowest BCUT2D eigenvalue weighted by Crippen LogP contribution is -2.28. The van der Waals surface area contributed by atoms with Crippen molar-refractivity contribution < 1.29 is 19.2 Å². The third-order valence-corrected chi connectivity index (χ3v) is 1.56. The van der Waals surface area contributed by atoms with Crippen molar-refractivity contribution in [2.24, 2.45) is 0 Å². The second kappa shape index (κ2) is 5.54. The molecule has 15 heavy (non-hydrogen) atoms. The molecule has 0 heterocycles. The predicted octanol–water partition coefficient (Wildman–Crippen LogP) is 0.00240. The van der Waals surface area contributed by atoms with Gasteiger partial charge in [-0.15, -0.1) is 0 Å².